The molecule has 0 saturated heterocycles. The van der Waals surface area contributed by atoms with Crippen LogP contribution in [0.15, 0.2) is 28.2 Å². The summed E-state index contributed by atoms with van der Waals surface area (Å²) in [5, 5.41) is 12.0. The van der Waals surface area contributed by atoms with Crippen LogP contribution in [0.3, 0.4) is 0 Å². The minimum Gasteiger partial charge on any atom is -0.478 e. The fourth-order valence-corrected chi connectivity index (χ4v) is 2.80. The molecule has 0 unspecified atom stereocenters. The van der Waals surface area contributed by atoms with Crippen LogP contribution in [0, 0.1) is 0 Å². The first-order chi connectivity index (χ1) is 8.56. The number of carbonyl (C=O) groups is 1. The Bertz CT molecular complexity index is 585. The van der Waals surface area contributed by atoms with Crippen LogP contribution >= 0.6 is 27.3 Å². The van der Waals surface area contributed by atoms with Crippen molar-refractivity contribution in [3.05, 3.63) is 38.6 Å². The lowest BCUT2D eigenvalue weighted by molar-refractivity contribution is 0.0698. The van der Waals surface area contributed by atoms with Crippen molar-refractivity contribution in [1.29, 1.82) is 0 Å². The average molecular weight is 328 g/mol. The highest BCUT2D eigenvalue weighted by Gasteiger charge is 2.09. The summed E-state index contributed by atoms with van der Waals surface area (Å²) in [5.41, 5.74) is 5.74. The molecule has 0 atom stereocenters. The van der Waals surface area contributed by atoms with Crippen molar-refractivity contribution in [1.82, 2.24) is 4.98 Å². The minimum absolute atomic E-state index is 0.0554. The third-order valence-corrected chi connectivity index (χ3v) is 3.86. The number of halogens is 1. The van der Waals surface area contributed by atoms with Crippen LogP contribution in [0.1, 0.15) is 15.2 Å². The molecule has 2 rings (SSSR count). The van der Waals surface area contributed by atoms with Crippen LogP contribution in [0.2, 0.25) is 0 Å². The number of rotatable bonds is 4. The van der Waals surface area contributed by atoms with Crippen molar-refractivity contribution < 1.29 is 9.90 Å². The topological polar surface area (TPSA) is 88.2 Å². The van der Waals surface area contributed by atoms with Gasteiger partial charge in [-0.3, -0.25) is 0 Å². The van der Waals surface area contributed by atoms with Crippen molar-refractivity contribution >= 4 is 44.7 Å². The second-order valence-corrected chi connectivity index (χ2v) is 6.07. The van der Waals surface area contributed by atoms with Gasteiger partial charge in [0.25, 0.3) is 0 Å². The number of nitrogen functional groups attached to an aromatic ring is 1. The van der Waals surface area contributed by atoms with Crippen LogP contribution in [0.25, 0.3) is 0 Å². The molecule has 2 heterocycles. The predicted molar refractivity (Wildman–Crippen MR) is 75.0 cm³/mol. The maximum atomic E-state index is 10.9. The highest BCUT2D eigenvalue weighted by Crippen LogP contribution is 2.23. The minimum atomic E-state index is -1.06. The third-order valence-electron chi connectivity index (χ3n) is 2.24. The summed E-state index contributed by atoms with van der Waals surface area (Å²) < 4.78 is 1.05. The van der Waals surface area contributed by atoms with Gasteiger partial charge in [-0.15, -0.1) is 11.3 Å². The Hall–Kier alpha value is -1.60. The van der Waals surface area contributed by atoms with Crippen molar-refractivity contribution in [3.63, 3.8) is 0 Å². The lowest BCUT2D eigenvalue weighted by Gasteiger charge is -2.06. The van der Waals surface area contributed by atoms with Gasteiger partial charge >= 0.3 is 5.97 Å². The van der Waals surface area contributed by atoms with E-state index >= 15 is 0 Å². The van der Waals surface area contributed by atoms with E-state index in [-0.39, 0.29) is 11.3 Å². The first kappa shape index (κ1) is 12.8. The van der Waals surface area contributed by atoms with E-state index in [0.29, 0.717) is 12.4 Å². The van der Waals surface area contributed by atoms with Gasteiger partial charge in [-0.2, -0.15) is 0 Å². The molecule has 0 amide bonds. The van der Waals surface area contributed by atoms with E-state index in [0.717, 1.165) is 8.66 Å². The molecule has 0 spiro atoms. The molecule has 0 radical (unpaired) electrons. The summed E-state index contributed by atoms with van der Waals surface area (Å²) in [6.45, 7) is 0.590. The molecule has 0 aliphatic heterocycles. The smallest absolute Gasteiger partial charge is 0.337 e. The van der Waals surface area contributed by atoms with Crippen molar-refractivity contribution in [3.8, 4) is 0 Å². The number of carboxylic acids is 1. The Labute approximate surface area is 116 Å². The molecule has 0 aliphatic carbocycles. The number of nitrogens with two attached hydrogens (primary N) is 1. The van der Waals surface area contributed by atoms with Crippen LogP contribution in [-0.2, 0) is 6.54 Å². The highest BCUT2D eigenvalue weighted by atomic mass is 79.9. The van der Waals surface area contributed by atoms with Gasteiger partial charge < -0.3 is 16.2 Å². The zero-order valence-corrected chi connectivity index (χ0v) is 11.6. The molecule has 7 heteroatoms. The molecule has 4 N–H and O–H groups in total. The Morgan fingerprint density at radius 2 is 2.33 bits per heavy atom. The average Bonchev–Trinajstić information content (AvgIpc) is 2.74. The predicted octanol–water partition coefficient (Wildman–Crippen LogP) is 2.80. The molecule has 0 aliphatic rings. The molecule has 94 valence electrons. The second kappa shape index (κ2) is 5.36. The lowest BCUT2D eigenvalue weighted by Crippen LogP contribution is -2.06. The Kier molecular flexibility index (Phi) is 3.83. The highest BCUT2D eigenvalue weighted by molar-refractivity contribution is 9.11. The van der Waals surface area contributed by atoms with Gasteiger partial charge in [0.1, 0.15) is 5.82 Å². The first-order valence-corrected chi connectivity index (χ1v) is 6.64. The summed E-state index contributed by atoms with van der Waals surface area (Å²) in [6, 6.07) is 5.37. The number of nitrogens with zero attached hydrogens (tertiary/aromatic N) is 1. The van der Waals surface area contributed by atoms with Gasteiger partial charge in [0, 0.05) is 4.88 Å². The summed E-state index contributed by atoms with van der Waals surface area (Å²) in [7, 11) is 0. The van der Waals surface area contributed by atoms with Gasteiger partial charge in [0.15, 0.2) is 0 Å². The molecule has 0 aromatic carbocycles. The van der Waals surface area contributed by atoms with E-state index in [1.165, 1.54) is 12.3 Å². The van der Waals surface area contributed by atoms with Gasteiger partial charge in [-0.05, 0) is 34.1 Å². The van der Waals surface area contributed by atoms with Crippen molar-refractivity contribution in [2.45, 2.75) is 6.54 Å². The largest absolute Gasteiger partial charge is 0.478 e. The molecule has 0 bridgehead atoms. The van der Waals surface area contributed by atoms with Gasteiger partial charge in [-0.1, -0.05) is 0 Å². The number of hydrogen-bond donors (Lipinski definition) is 3. The quantitative estimate of drug-likeness (QED) is 0.803. The fraction of sp³-hybridized carbons (Fsp3) is 0.0909. The van der Waals surface area contributed by atoms with E-state index in [9.17, 15) is 4.79 Å². The number of hydrogen-bond acceptors (Lipinski definition) is 5. The Morgan fingerprint density at radius 1 is 1.56 bits per heavy atom. The number of aromatic nitrogens is 1. The summed E-state index contributed by atoms with van der Waals surface area (Å²) in [5.74, 6) is -0.567. The standard InChI is InChI=1S/C11H10BrN3O2S/c12-9-2-1-6(18-9)4-14-10-3-7(11(16)17)8(13)5-15-10/h1-3,5H,4,13H2,(H,14,15)(H,16,17). The van der Waals surface area contributed by atoms with E-state index in [4.69, 9.17) is 10.8 Å². The van der Waals surface area contributed by atoms with Gasteiger partial charge in [-0.25, -0.2) is 9.78 Å². The number of pyridine rings is 1. The summed E-state index contributed by atoms with van der Waals surface area (Å²) in [6.07, 6.45) is 1.34. The lowest BCUT2D eigenvalue weighted by atomic mass is 10.2. The number of thiophene rings is 1. The molecule has 18 heavy (non-hydrogen) atoms. The summed E-state index contributed by atoms with van der Waals surface area (Å²) >= 11 is 4.99. The molecular weight excluding hydrogens is 318 g/mol. The Balaban J connectivity index is 2.10. The van der Waals surface area contributed by atoms with Crippen LogP contribution in [0.4, 0.5) is 11.5 Å². The van der Waals surface area contributed by atoms with Crippen LogP contribution in [-0.4, -0.2) is 16.1 Å². The third kappa shape index (κ3) is 2.99. The number of aromatic carboxylic acids is 1. The maximum Gasteiger partial charge on any atom is 0.337 e. The van der Waals surface area contributed by atoms with E-state index in [1.54, 1.807) is 11.3 Å². The van der Waals surface area contributed by atoms with E-state index in [1.807, 2.05) is 12.1 Å². The molecule has 5 nitrogen and oxygen atoms in total. The number of anilines is 2. The van der Waals surface area contributed by atoms with E-state index < -0.39 is 5.97 Å². The Morgan fingerprint density at radius 3 is 2.94 bits per heavy atom. The number of nitrogens with one attached hydrogen (secondary N) is 1. The normalized spacial score (nSPS) is 10.3. The van der Waals surface area contributed by atoms with Crippen LogP contribution < -0.4 is 11.1 Å². The van der Waals surface area contributed by atoms with Gasteiger partial charge in [0.2, 0.25) is 0 Å². The fourth-order valence-electron chi connectivity index (χ4n) is 1.37. The molecule has 2 aromatic heterocycles. The molecular formula is C11H10BrN3O2S. The monoisotopic (exact) mass is 327 g/mol. The second-order valence-electron chi connectivity index (χ2n) is 3.52. The van der Waals surface area contributed by atoms with E-state index in [2.05, 4.69) is 26.2 Å². The number of carboxylic acid groups (broad SMARTS) is 1. The molecule has 0 fully saturated rings. The van der Waals surface area contributed by atoms with Gasteiger partial charge in [0.05, 0.1) is 27.8 Å². The summed E-state index contributed by atoms with van der Waals surface area (Å²) in [4.78, 5) is 16.1. The maximum absolute atomic E-state index is 10.9. The van der Waals surface area contributed by atoms with Crippen LogP contribution in [0.5, 0.6) is 0 Å². The molecule has 0 saturated carbocycles. The SMILES string of the molecule is Nc1cnc(NCc2ccc(Br)s2)cc1C(=O)O. The molecule has 2 aromatic rings. The zero-order chi connectivity index (χ0) is 13.1. The zero-order valence-electron chi connectivity index (χ0n) is 9.18. The van der Waals surface area contributed by atoms with Crippen molar-refractivity contribution in [2.75, 3.05) is 11.1 Å². The first-order valence-electron chi connectivity index (χ1n) is 5.03. The van der Waals surface area contributed by atoms with Crippen molar-refractivity contribution in [2.24, 2.45) is 0 Å².